The highest BCUT2D eigenvalue weighted by molar-refractivity contribution is 6.04. The monoisotopic (exact) mass is 379 g/mol. The first-order chi connectivity index (χ1) is 13.5. The molecule has 0 aliphatic carbocycles. The van der Waals surface area contributed by atoms with Crippen LogP contribution in [0.25, 0.3) is 0 Å². The molecule has 2 aromatic carbocycles. The summed E-state index contributed by atoms with van der Waals surface area (Å²) >= 11 is 0. The number of anilines is 1. The molecule has 142 valence electrons. The molecular weight excluding hydrogens is 362 g/mol. The molecule has 0 aliphatic rings. The van der Waals surface area contributed by atoms with Gasteiger partial charge in [-0.1, -0.05) is 12.1 Å². The molecule has 3 rings (SSSR count). The molecule has 0 bridgehead atoms. The number of aromatic nitrogens is 1. The molecule has 0 saturated heterocycles. The largest absolute Gasteiger partial charge is 0.497 e. The van der Waals surface area contributed by atoms with E-state index < -0.39 is 16.4 Å². The van der Waals surface area contributed by atoms with Crippen LogP contribution >= 0.6 is 0 Å². The number of nitro benzene ring substituents is 1. The van der Waals surface area contributed by atoms with Crippen LogP contribution < -0.4 is 15.6 Å². The fourth-order valence-electron chi connectivity index (χ4n) is 2.63. The number of hydrogen-bond acceptors (Lipinski definition) is 5. The van der Waals surface area contributed by atoms with Crippen LogP contribution in [0.5, 0.6) is 5.75 Å². The van der Waals surface area contributed by atoms with Gasteiger partial charge in [-0.3, -0.25) is 19.7 Å². The number of carbonyl (C=O) groups excluding carboxylic acids is 1. The van der Waals surface area contributed by atoms with E-state index in [0.717, 1.165) is 0 Å². The summed E-state index contributed by atoms with van der Waals surface area (Å²) in [5.74, 6) is 0.136. The minimum atomic E-state index is -0.520. The molecular formula is C20H17N3O5. The number of nitrogens with zero attached hydrogens (tertiary/aromatic N) is 2. The van der Waals surface area contributed by atoms with Crippen molar-refractivity contribution < 1.29 is 14.5 Å². The zero-order valence-electron chi connectivity index (χ0n) is 15.0. The summed E-state index contributed by atoms with van der Waals surface area (Å²) in [5.41, 5.74) is 0.771. The second kappa shape index (κ2) is 8.17. The van der Waals surface area contributed by atoms with Gasteiger partial charge in [0.25, 0.3) is 17.2 Å². The predicted octanol–water partition coefficient (Wildman–Crippen LogP) is 3.07. The molecule has 0 unspecified atom stereocenters. The molecule has 0 spiro atoms. The Morgan fingerprint density at radius 1 is 1.11 bits per heavy atom. The van der Waals surface area contributed by atoms with Crippen molar-refractivity contribution in [1.82, 2.24) is 4.57 Å². The number of nitrogens with one attached hydrogen (secondary N) is 1. The topological polar surface area (TPSA) is 103 Å². The zero-order chi connectivity index (χ0) is 20.1. The van der Waals surface area contributed by atoms with Gasteiger partial charge >= 0.3 is 0 Å². The van der Waals surface area contributed by atoms with Gasteiger partial charge in [0.2, 0.25) is 0 Å². The van der Waals surface area contributed by atoms with Crippen molar-refractivity contribution in [3.8, 4) is 5.75 Å². The molecule has 1 amide bonds. The summed E-state index contributed by atoms with van der Waals surface area (Å²) in [6, 6.07) is 15.7. The van der Waals surface area contributed by atoms with E-state index in [1.165, 1.54) is 22.8 Å². The van der Waals surface area contributed by atoms with Gasteiger partial charge in [0.15, 0.2) is 0 Å². The number of pyridine rings is 1. The molecule has 0 saturated carbocycles. The molecule has 8 heteroatoms. The Kier molecular flexibility index (Phi) is 5.50. The Labute approximate surface area is 160 Å². The highest BCUT2D eigenvalue weighted by Crippen LogP contribution is 2.16. The Bertz CT molecular complexity index is 1060. The zero-order valence-corrected chi connectivity index (χ0v) is 15.0. The van der Waals surface area contributed by atoms with Crippen molar-refractivity contribution in [2.24, 2.45) is 0 Å². The summed E-state index contributed by atoms with van der Waals surface area (Å²) in [6.07, 6.45) is 1.56. The molecule has 8 nitrogen and oxygen atoms in total. The first-order valence-corrected chi connectivity index (χ1v) is 8.36. The lowest BCUT2D eigenvalue weighted by atomic mass is 10.2. The third-order valence-electron chi connectivity index (χ3n) is 4.11. The van der Waals surface area contributed by atoms with Crippen LogP contribution in [0.15, 0.2) is 71.7 Å². The standard InChI is InChI=1S/C20H17N3O5/c1-28-17-10-6-15(7-11-17)21-19(24)18-3-2-12-22(20(18)25)13-14-4-8-16(9-5-14)23(26)27/h2-12H,13H2,1H3,(H,21,24). The fourth-order valence-corrected chi connectivity index (χ4v) is 2.63. The lowest BCUT2D eigenvalue weighted by Gasteiger charge is -2.09. The Balaban J connectivity index is 1.78. The summed E-state index contributed by atoms with van der Waals surface area (Å²) in [6.45, 7) is 0.195. The van der Waals surface area contributed by atoms with Gasteiger partial charge in [-0.05, 0) is 42.0 Å². The molecule has 3 aromatic rings. The third kappa shape index (κ3) is 4.24. The highest BCUT2D eigenvalue weighted by atomic mass is 16.6. The van der Waals surface area contributed by atoms with Crippen molar-refractivity contribution in [3.05, 3.63) is 98.5 Å². The van der Waals surface area contributed by atoms with Crippen molar-refractivity contribution >= 4 is 17.3 Å². The van der Waals surface area contributed by atoms with Gasteiger partial charge in [-0.15, -0.1) is 0 Å². The Hall–Kier alpha value is -3.94. The van der Waals surface area contributed by atoms with Gasteiger partial charge in [0, 0.05) is 24.0 Å². The van der Waals surface area contributed by atoms with Gasteiger partial charge in [-0.2, -0.15) is 0 Å². The van der Waals surface area contributed by atoms with E-state index in [9.17, 15) is 19.7 Å². The minimum Gasteiger partial charge on any atom is -0.497 e. The van der Waals surface area contributed by atoms with E-state index in [1.807, 2.05) is 0 Å². The minimum absolute atomic E-state index is 0.000213. The summed E-state index contributed by atoms with van der Waals surface area (Å²) in [4.78, 5) is 35.4. The summed E-state index contributed by atoms with van der Waals surface area (Å²) in [5, 5.41) is 13.4. The van der Waals surface area contributed by atoms with Crippen LogP contribution in [0.1, 0.15) is 15.9 Å². The van der Waals surface area contributed by atoms with Gasteiger partial charge in [0.1, 0.15) is 11.3 Å². The van der Waals surface area contributed by atoms with Crippen molar-refractivity contribution in [3.63, 3.8) is 0 Å². The average molecular weight is 379 g/mol. The summed E-state index contributed by atoms with van der Waals surface area (Å²) < 4.78 is 6.45. The van der Waals surface area contributed by atoms with E-state index in [4.69, 9.17) is 4.74 Å². The van der Waals surface area contributed by atoms with Crippen molar-refractivity contribution in [2.45, 2.75) is 6.54 Å². The van der Waals surface area contributed by atoms with E-state index >= 15 is 0 Å². The highest BCUT2D eigenvalue weighted by Gasteiger charge is 2.13. The maximum Gasteiger partial charge on any atom is 0.269 e. The van der Waals surface area contributed by atoms with E-state index in [2.05, 4.69) is 5.32 Å². The maximum absolute atomic E-state index is 12.7. The second-order valence-electron chi connectivity index (χ2n) is 5.96. The van der Waals surface area contributed by atoms with Crippen LogP contribution in [0.2, 0.25) is 0 Å². The summed E-state index contributed by atoms with van der Waals surface area (Å²) in [7, 11) is 1.55. The lowest BCUT2D eigenvalue weighted by Crippen LogP contribution is -2.29. The number of rotatable bonds is 6. The van der Waals surface area contributed by atoms with Crippen molar-refractivity contribution in [2.75, 3.05) is 12.4 Å². The number of ether oxygens (including phenoxy) is 1. The molecule has 0 radical (unpaired) electrons. The van der Waals surface area contributed by atoms with Crippen LogP contribution in [-0.2, 0) is 6.54 Å². The molecule has 1 heterocycles. The molecule has 28 heavy (non-hydrogen) atoms. The number of hydrogen-bond donors (Lipinski definition) is 1. The van der Waals surface area contributed by atoms with Crippen LogP contribution in [0.3, 0.4) is 0 Å². The number of carbonyl (C=O) groups is 1. The molecule has 0 fully saturated rings. The SMILES string of the molecule is COc1ccc(NC(=O)c2cccn(Cc3ccc([N+](=O)[O-])cc3)c2=O)cc1. The normalized spacial score (nSPS) is 10.3. The second-order valence-corrected chi connectivity index (χ2v) is 5.96. The predicted molar refractivity (Wildman–Crippen MR) is 104 cm³/mol. The molecule has 0 aliphatic heterocycles. The van der Waals surface area contributed by atoms with Gasteiger partial charge in [-0.25, -0.2) is 0 Å². The van der Waals surface area contributed by atoms with Crippen LogP contribution in [0.4, 0.5) is 11.4 Å². The van der Waals surface area contributed by atoms with Gasteiger partial charge in [0.05, 0.1) is 18.6 Å². The number of methoxy groups -OCH3 is 1. The van der Waals surface area contributed by atoms with Crippen LogP contribution in [0, 0.1) is 10.1 Å². The lowest BCUT2D eigenvalue weighted by molar-refractivity contribution is -0.384. The number of non-ortho nitro benzene ring substituents is 1. The van der Waals surface area contributed by atoms with E-state index in [1.54, 1.807) is 55.8 Å². The Morgan fingerprint density at radius 2 is 1.79 bits per heavy atom. The molecule has 0 atom stereocenters. The maximum atomic E-state index is 12.7. The first-order valence-electron chi connectivity index (χ1n) is 8.36. The van der Waals surface area contributed by atoms with E-state index in [-0.39, 0.29) is 17.8 Å². The Morgan fingerprint density at radius 3 is 2.39 bits per heavy atom. The number of benzene rings is 2. The third-order valence-corrected chi connectivity index (χ3v) is 4.11. The molecule has 1 aromatic heterocycles. The fraction of sp³-hybridized carbons (Fsp3) is 0.100. The van der Waals surface area contributed by atoms with Crippen LogP contribution in [-0.4, -0.2) is 22.5 Å². The molecule has 1 N–H and O–H groups in total. The van der Waals surface area contributed by atoms with E-state index in [0.29, 0.717) is 17.0 Å². The van der Waals surface area contributed by atoms with Crippen molar-refractivity contribution in [1.29, 1.82) is 0 Å². The number of nitro groups is 1. The quantitative estimate of drug-likeness (QED) is 0.524. The van der Waals surface area contributed by atoms with Gasteiger partial charge < -0.3 is 14.6 Å². The number of amides is 1. The smallest absolute Gasteiger partial charge is 0.269 e. The first kappa shape index (κ1) is 18.8. The average Bonchev–Trinajstić information content (AvgIpc) is 2.70.